The van der Waals surface area contributed by atoms with Gasteiger partial charge >= 0.3 is 0 Å². The SMILES string of the molecule is COc1ccc(CCN(C)CC(=O)Nc2c(C)cc(C)cc2C)cc1OC.[Cl-]. The average Bonchev–Trinajstić information content (AvgIpc) is 2.62. The summed E-state index contributed by atoms with van der Waals surface area (Å²) in [4.78, 5) is 14.4. The van der Waals surface area contributed by atoms with Gasteiger partial charge in [0.1, 0.15) is 0 Å². The molecule has 0 aliphatic carbocycles. The molecular weight excluding hydrogens is 376 g/mol. The number of hydrogen-bond donors (Lipinski definition) is 1. The highest BCUT2D eigenvalue weighted by Gasteiger charge is 2.11. The lowest BCUT2D eigenvalue weighted by Gasteiger charge is -2.18. The predicted molar refractivity (Wildman–Crippen MR) is 110 cm³/mol. The Morgan fingerprint density at radius 2 is 1.61 bits per heavy atom. The van der Waals surface area contributed by atoms with Gasteiger partial charge in [-0.3, -0.25) is 9.69 Å². The fourth-order valence-electron chi connectivity index (χ4n) is 3.24. The number of rotatable bonds is 8. The molecule has 0 heterocycles. The largest absolute Gasteiger partial charge is 1.00 e. The van der Waals surface area contributed by atoms with Crippen LogP contribution in [0, 0.1) is 20.8 Å². The first kappa shape index (κ1) is 23.8. The van der Waals surface area contributed by atoms with E-state index < -0.39 is 0 Å². The minimum Gasteiger partial charge on any atom is -1.00 e. The van der Waals surface area contributed by atoms with Crippen LogP contribution in [-0.2, 0) is 11.2 Å². The van der Waals surface area contributed by atoms with Crippen LogP contribution in [0.3, 0.4) is 0 Å². The van der Waals surface area contributed by atoms with Crippen LogP contribution in [-0.4, -0.2) is 45.2 Å². The Balaban J connectivity index is 0.00000392. The molecule has 2 rings (SSSR count). The molecule has 1 amide bonds. The van der Waals surface area contributed by atoms with Crippen LogP contribution in [0.5, 0.6) is 11.5 Å². The van der Waals surface area contributed by atoms with Gasteiger partial charge in [-0.25, -0.2) is 0 Å². The maximum Gasteiger partial charge on any atom is 0.238 e. The predicted octanol–water partition coefficient (Wildman–Crippen LogP) is 0.746. The zero-order valence-corrected chi connectivity index (χ0v) is 18.3. The van der Waals surface area contributed by atoms with E-state index in [1.165, 1.54) is 5.56 Å². The molecule has 28 heavy (non-hydrogen) atoms. The third-order valence-corrected chi connectivity index (χ3v) is 4.59. The number of methoxy groups -OCH3 is 2. The summed E-state index contributed by atoms with van der Waals surface area (Å²) in [5.41, 5.74) is 5.45. The van der Waals surface area contributed by atoms with E-state index in [2.05, 4.69) is 24.4 Å². The molecule has 0 unspecified atom stereocenters. The van der Waals surface area contributed by atoms with E-state index >= 15 is 0 Å². The first-order valence-corrected chi connectivity index (χ1v) is 9.11. The van der Waals surface area contributed by atoms with Gasteiger partial charge in [0.25, 0.3) is 0 Å². The Morgan fingerprint density at radius 1 is 1.00 bits per heavy atom. The average molecular weight is 406 g/mol. The molecule has 0 fully saturated rings. The van der Waals surface area contributed by atoms with Crippen molar-refractivity contribution in [3.05, 3.63) is 52.6 Å². The molecule has 154 valence electrons. The summed E-state index contributed by atoms with van der Waals surface area (Å²) in [5.74, 6) is 1.44. The Morgan fingerprint density at radius 3 is 2.18 bits per heavy atom. The van der Waals surface area contributed by atoms with E-state index in [4.69, 9.17) is 9.47 Å². The van der Waals surface area contributed by atoms with Crippen molar-refractivity contribution in [2.45, 2.75) is 27.2 Å². The Hall–Kier alpha value is -2.24. The van der Waals surface area contributed by atoms with Crippen molar-refractivity contribution < 1.29 is 26.7 Å². The highest BCUT2D eigenvalue weighted by atomic mass is 35.5. The third kappa shape index (κ3) is 6.43. The smallest absolute Gasteiger partial charge is 0.238 e. The molecule has 0 aliphatic rings. The molecule has 0 saturated carbocycles. The maximum absolute atomic E-state index is 12.4. The quantitative estimate of drug-likeness (QED) is 0.704. The Bertz CT molecular complexity index is 785. The molecule has 2 aromatic carbocycles. The minimum atomic E-state index is -0.000125. The van der Waals surface area contributed by atoms with Crippen LogP contribution < -0.4 is 27.2 Å². The van der Waals surface area contributed by atoms with Crippen LogP contribution in [0.2, 0.25) is 0 Å². The molecule has 0 bridgehead atoms. The number of hydrogen-bond acceptors (Lipinski definition) is 4. The van der Waals surface area contributed by atoms with E-state index in [0.717, 1.165) is 46.8 Å². The van der Waals surface area contributed by atoms with Crippen molar-refractivity contribution in [3.8, 4) is 11.5 Å². The molecule has 0 aliphatic heterocycles. The fraction of sp³-hybridized carbons (Fsp3) is 0.409. The topological polar surface area (TPSA) is 50.8 Å². The van der Waals surface area contributed by atoms with Gasteiger partial charge in [-0.1, -0.05) is 23.8 Å². The highest BCUT2D eigenvalue weighted by Crippen LogP contribution is 2.27. The summed E-state index contributed by atoms with van der Waals surface area (Å²) in [7, 11) is 5.21. The number of carbonyl (C=O) groups excluding carboxylic acids is 1. The first-order valence-electron chi connectivity index (χ1n) is 9.11. The van der Waals surface area contributed by atoms with Crippen LogP contribution in [0.4, 0.5) is 5.69 Å². The second-order valence-electron chi connectivity index (χ2n) is 7.00. The lowest BCUT2D eigenvalue weighted by atomic mass is 10.1. The van der Waals surface area contributed by atoms with Crippen molar-refractivity contribution in [1.29, 1.82) is 0 Å². The molecule has 0 aromatic heterocycles. The molecule has 5 nitrogen and oxygen atoms in total. The zero-order valence-electron chi connectivity index (χ0n) is 17.6. The van der Waals surface area contributed by atoms with E-state index in [1.54, 1.807) is 14.2 Å². The summed E-state index contributed by atoms with van der Waals surface area (Å²) >= 11 is 0. The van der Waals surface area contributed by atoms with Gasteiger partial charge in [0.05, 0.1) is 20.8 Å². The van der Waals surface area contributed by atoms with Crippen LogP contribution in [0.1, 0.15) is 22.3 Å². The number of amides is 1. The van der Waals surface area contributed by atoms with Crippen LogP contribution in [0.25, 0.3) is 0 Å². The van der Waals surface area contributed by atoms with Gasteiger partial charge in [-0.05, 0) is 63.1 Å². The first-order chi connectivity index (χ1) is 12.8. The number of nitrogens with zero attached hydrogens (tertiary/aromatic N) is 1. The van der Waals surface area contributed by atoms with Crippen molar-refractivity contribution in [2.24, 2.45) is 0 Å². The summed E-state index contributed by atoms with van der Waals surface area (Å²) < 4.78 is 10.6. The van der Waals surface area contributed by atoms with E-state index in [0.29, 0.717) is 6.54 Å². The van der Waals surface area contributed by atoms with Gasteiger partial charge in [0.2, 0.25) is 5.91 Å². The second kappa shape index (κ2) is 10.9. The molecule has 0 radical (unpaired) electrons. The summed E-state index contributed by atoms with van der Waals surface area (Å²) in [6.45, 7) is 7.23. The summed E-state index contributed by atoms with van der Waals surface area (Å²) in [5, 5.41) is 3.05. The number of anilines is 1. The summed E-state index contributed by atoms with van der Waals surface area (Å²) in [6, 6.07) is 10.1. The van der Waals surface area contributed by atoms with Crippen molar-refractivity contribution in [2.75, 3.05) is 39.7 Å². The fourth-order valence-corrected chi connectivity index (χ4v) is 3.24. The second-order valence-corrected chi connectivity index (χ2v) is 7.00. The van der Waals surface area contributed by atoms with Gasteiger partial charge in [-0.2, -0.15) is 0 Å². The normalized spacial score (nSPS) is 10.4. The molecule has 0 spiro atoms. The van der Waals surface area contributed by atoms with Crippen molar-refractivity contribution in [3.63, 3.8) is 0 Å². The van der Waals surface area contributed by atoms with E-state index in [-0.39, 0.29) is 18.3 Å². The molecule has 2 aromatic rings. The zero-order chi connectivity index (χ0) is 20.0. The Kier molecular flexibility index (Phi) is 9.29. The number of carbonyl (C=O) groups is 1. The number of benzene rings is 2. The number of ether oxygens (including phenoxy) is 2. The van der Waals surface area contributed by atoms with Gasteiger partial charge in [0, 0.05) is 12.2 Å². The number of nitrogens with one attached hydrogen (secondary N) is 1. The third-order valence-electron chi connectivity index (χ3n) is 4.59. The lowest BCUT2D eigenvalue weighted by molar-refractivity contribution is -0.117. The number of aryl methyl sites for hydroxylation is 3. The molecule has 1 N–H and O–H groups in total. The van der Waals surface area contributed by atoms with E-state index in [9.17, 15) is 4.79 Å². The van der Waals surface area contributed by atoms with E-state index in [1.807, 2.05) is 44.0 Å². The van der Waals surface area contributed by atoms with Crippen LogP contribution >= 0.6 is 0 Å². The Labute approximate surface area is 174 Å². The van der Waals surface area contributed by atoms with Crippen LogP contribution in [0.15, 0.2) is 30.3 Å². The van der Waals surface area contributed by atoms with Crippen molar-refractivity contribution >= 4 is 11.6 Å². The minimum absolute atomic E-state index is 0. The van der Waals surface area contributed by atoms with Crippen molar-refractivity contribution in [1.82, 2.24) is 4.90 Å². The molecular formula is C22H30ClN2O3-. The molecule has 0 saturated heterocycles. The summed E-state index contributed by atoms with van der Waals surface area (Å²) in [6.07, 6.45) is 0.826. The molecule has 0 atom stereocenters. The standard InChI is InChI=1S/C22H30N2O3.ClH/c1-15-11-16(2)22(17(3)12-15)23-21(25)14-24(4)10-9-18-7-8-19(26-5)20(13-18)27-6;/h7-8,11-13H,9-10,14H2,1-6H3,(H,23,25);1H/p-1. The van der Waals surface area contributed by atoms with Gasteiger partial charge < -0.3 is 27.2 Å². The lowest BCUT2D eigenvalue weighted by Crippen LogP contribution is -3.00. The number of likely N-dealkylation sites (N-methyl/N-ethyl adjacent to an activating group) is 1. The number of halogens is 1. The van der Waals surface area contributed by atoms with Gasteiger partial charge in [-0.15, -0.1) is 0 Å². The monoisotopic (exact) mass is 405 g/mol. The molecule has 6 heteroatoms. The van der Waals surface area contributed by atoms with Gasteiger partial charge in [0.15, 0.2) is 11.5 Å². The maximum atomic E-state index is 12.4. The highest BCUT2D eigenvalue weighted by molar-refractivity contribution is 5.93.